The van der Waals surface area contributed by atoms with E-state index < -0.39 is 0 Å². The lowest BCUT2D eigenvalue weighted by Crippen LogP contribution is -2.32. The van der Waals surface area contributed by atoms with E-state index in [1.54, 1.807) is 12.1 Å². The molecule has 1 saturated heterocycles. The summed E-state index contributed by atoms with van der Waals surface area (Å²) >= 11 is 0. The van der Waals surface area contributed by atoms with Crippen LogP contribution in [0, 0.1) is 5.82 Å². The number of ether oxygens (including phenoxy) is 1. The Hall–Kier alpha value is -2.20. The van der Waals surface area contributed by atoms with Crippen molar-refractivity contribution in [2.75, 3.05) is 6.54 Å². The van der Waals surface area contributed by atoms with E-state index in [-0.39, 0.29) is 23.7 Å². The Morgan fingerprint density at radius 1 is 1.14 bits per heavy atom. The topological polar surface area (TPSA) is 38.3 Å². The molecule has 0 radical (unpaired) electrons. The Morgan fingerprint density at radius 3 is 2.59 bits per heavy atom. The Bertz CT molecular complexity index is 627. The van der Waals surface area contributed by atoms with Crippen LogP contribution in [0.25, 0.3) is 0 Å². The van der Waals surface area contributed by atoms with Gasteiger partial charge in [0.1, 0.15) is 18.5 Å². The summed E-state index contributed by atoms with van der Waals surface area (Å²) in [6.07, 6.45) is 0.680. The molecule has 0 bridgehead atoms. The van der Waals surface area contributed by atoms with Crippen LogP contribution >= 0.6 is 0 Å². The molecule has 1 aliphatic heterocycles. The van der Waals surface area contributed by atoms with Gasteiger partial charge in [-0.2, -0.15) is 0 Å². The average Bonchev–Trinajstić information content (AvgIpc) is 3.04. The summed E-state index contributed by atoms with van der Waals surface area (Å²) in [5, 5.41) is 3.19. The van der Waals surface area contributed by atoms with Crippen molar-refractivity contribution in [3.8, 4) is 0 Å². The van der Waals surface area contributed by atoms with E-state index in [1.807, 2.05) is 30.3 Å². The highest BCUT2D eigenvalue weighted by molar-refractivity contribution is 5.76. The first-order valence-corrected chi connectivity index (χ1v) is 7.42. The number of halogens is 1. The molecule has 0 aliphatic carbocycles. The normalized spacial score (nSPS) is 20.8. The highest BCUT2D eigenvalue weighted by Gasteiger charge is 2.31. The highest BCUT2D eigenvalue weighted by Crippen LogP contribution is 2.26. The molecule has 0 unspecified atom stereocenters. The first kappa shape index (κ1) is 14.7. The monoisotopic (exact) mass is 299 g/mol. The quantitative estimate of drug-likeness (QED) is 0.882. The zero-order valence-corrected chi connectivity index (χ0v) is 12.2. The Labute approximate surface area is 129 Å². The van der Waals surface area contributed by atoms with Gasteiger partial charge in [-0.15, -0.1) is 0 Å². The van der Waals surface area contributed by atoms with Gasteiger partial charge in [-0.1, -0.05) is 42.5 Å². The van der Waals surface area contributed by atoms with Crippen molar-refractivity contribution in [2.24, 2.45) is 0 Å². The van der Waals surface area contributed by atoms with E-state index in [0.717, 1.165) is 11.1 Å². The van der Waals surface area contributed by atoms with Crippen LogP contribution in [0.4, 0.5) is 4.39 Å². The zero-order valence-electron chi connectivity index (χ0n) is 12.2. The van der Waals surface area contributed by atoms with E-state index in [4.69, 9.17) is 4.74 Å². The number of esters is 1. The zero-order chi connectivity index (χ0) is 15.4. The Balaban J connectivity index is 1.53. The molecule has 4 heteroatoms. The molecule has 0 aromatic heterocycles. The summed E-state index contributed by atoms with van der Waals surface area (Å²) in [7, 11) is 0. The number of nitrogens with one attached hydrogen (secondary N) is 1. The standard InChI is InChI=1S/C18H18FNO2/c19-16-8-6-14(7-9-16)15-10-17(20-11-15)18(21)22-12-13-4-2-1-3-5-13/h1-9,15,17,20H,10-12H2/t15-,17-/m0/s1. The van der Waals surface area contributed by atoms with Crippen molar-refractivity contribution >= 4 is 5.97 Å². The fourth-order valence-electron chi connectivity index (χ4n) is 2.73. The molecule has 2 atom stereocenters. The Kier molecular flexibility index (Phi) is 4.49. The van der Waals surface area contributed by atoms with Crippen molar-refractivity contribution in [3.63, 3.8) is 0 Å². The lowest BCUT2D eigenvalue weighted by molar-refractivity contribution is -0.147. The maximum absolute atomic E-state index is 13.0. The van der Waals surface area contributed by atoms with Crippen LogP contribution in [0.15, 0.2) is 54.6 Å². The van der Waals surface area contributed by atoms with Crippen LogP contribution < -0.4 is 5.32 Å². The van der Waals surface area contributed by atoms with E-state index in [1.165, 1.54) is 12.1 Å². The van der Waals surface area contributed by atoms with Gasteiger partial charge in [0.15, 0.2) is 0 Å². The third-order valence-corrected chi connectivity index (χ3v) is 3.98. The minimum Gasteiger partial charge on any atom is -0.460 e. The van der Waals surface area contributed by atoms with Gasteiger partial charge in [-0.25, -0.2) is 4.39 Å². The van der Waals surface area contributed by atoms with Crippen LogP contribution in [-0.4, -0.2) is 18.6 Å². The number of carbonyl (C=O) groups is 1. The number of hydrogen-bond acceptors (Lipinski definition) is 3. The van der Waals surface area contributed by atoms with Gasteiger partial charge in [0.05, 0.1) is 0 Å². The smallest absolute Gasteiger partial charge is 0.323 e. The molecule has 1 N–H and O–H groups in total. The summed E-state index contributed by atoms with van der Waals surface area (Å²) < 4.78 is 18.3. The molecule has 3 rings (SSSR count). The van der Waals surface area contributed by atoms with Crippen molar-refractivity contribution in [3.05, 3.63) is 71.5 Å². The lowest BCUT2D eigenvalue weighted by atomic mass is 9.96. The van der Waals surface area contributed by atoms with Crippen molar-refractivity contribution in [1.82, 2.24) is 5.32 Å². The lowest BCUT2D eigenvalue weighted by Gasteiger charge is -2.11. The van der Waals surface area contributed by atoms with E-state index in [0.29, 0.717) is 19.6 Å². The second-order valence-electron chi connectivity index (χ2n) is 5.54. The number of carbonyl (C=O) groups excluding carboxylic acids is 1. The highest BCUT2D eigenvalue weighted by atomic mass is 19.1. The predicted octanol–water partition coefficient (Wildman–Crippen LogP) is 3.01. The van der Waals surface area contributed by atoms with Crippen molar-refractivity contribution in [2.45, 2.75) is 25.0 Å². The molecule has 2 aromatic carbocycles. The van der Waals surface area contributed by atoms with Crippen LogP contribution in [-0.2, 0) is 16.1 Å². The van der Waals surface area contributed by atoms with Gasteiger partial charge in [-0.3, -0.25) is 4.79 Å². The average molecular weight is 299 g/mol. The minimum absolute atomic E-state index is 0.217. The number of benzene rings is 2. The van der Waals surface area contributed by atoms with E-state index in [2.05, 4.69) is 5.32 Å². The SMILES string of the molecule is O=C(OCc1ccccc1)[C@@H]1C[C@H](c2ccc(F)cc2)CN1. The molecule has 0 saturated carbocycles. The fraction of sp³-hybridized carbons (Fsp3) is 0.278. The fourth-order valence-corrected chi connectivity index (χ4v) is 2.73. The molecule has 0 spiro atoms. The second kappa shape index (κ2) is 6.71. The predicted molar refractivity (Wildman–Crippen MR) is 81.8 cm³/mol. The van der Waals surface area contributed by atoms with Crippen LogP contribution in [0.1, 0.15) is 23.5 Å². The summed E-state index contributed by atoms with van der Waals surface area (Å²) in [5.74, 6) is -0.253. The molecule has 1 fully saturated rings. The van der Waals surface area contributed by atoms with Gasteiger partial charge >= 0.3 is 5.97 Å². The van der Waals surface area contributed by atoms with Crippen molar-refractivity contribution in [1.29, 1.82) is 0 Å². The van der Waals surface area contributed by atoms with Gasteiger partial charge in [0, 0.05) is 6.54 Å². The minimum atomic E-state index is -0.293. The Morgan fingerprint density at radius 2 is 1.86 bits per heavy atom. The molecule has 22 heavy (non-hydrogen) atoms. The molecule has 3 nitrogen and oxygen atoms in total. The van der Waals surface area contributed by atoms with Gasteiger partial charge in [0.25, 0.3) is 0 Å². The second-order valence-corrected chi connectivity index (χ2v) is 5.54. The maximum atomic E-state index is 13.0. The van der Waals surface area contributed by atoms with Crippen molar-refractivity contribution < 1.29 is 13.9 Å². The molecule has 0 amide bonds. The molecular formula is C18H18FNO2. The largest absolute Gasteiger partial charge is 0.460 e. The summed E-state index contributed by atoms with van der Waals surface area (Å²) in [4.78, 5) is 12.1. The van der Waals surface area contributed by atoms with Crippen LogP contribution in [0.3, 0.4) is 0 Å². The molecule has 1 heterocycles. The first-order valence-electron chi connectivity index (χ1n) is 7.42. The maximum Gasteiger partial charge on any atom is 0.323 e. The number of hydrogen-bond donors (Lipinski definition) is 1. The van der Waals surface area contributed by atoms with Crippen LogP contribution in [0.5, 0.6) is 0 Å². The molecule has 1 aliphatic rings. The summed E-state index contributed by atoms with van der Waals surface area (Å²) in [5.41, 5.74) is 2.02. The molecular weight excluding hydrogens is 281 g/mol. The van der Waals surface area contributed by atoms with Gasteiger partial charge in [-0.05, 0) is 35.6 Å². The summed E-state index contributed by atoms with van der Waals surface area (Å²) in [6.45, 7) is 0.996. The van der Waals surface area contributed by atoms with Gasteiger partial charge < -0.3 is 10.1 Å². The van der Waals surface area contributed by atoms with E-state index in [9.17, 15) is 9.18 Å². The first-order chi connectivity index (χ1) is 10.7. The van der Waals surface area contributed by atoms with Crippen LogP contribution in [0.2, 0.25) is 0 Å². The summed E-state index contributed by atoms with van der Waals surface area (Å²) in [6, 6.07) is 15.8. The van der Waals surface area contributed by atoms with E-state index >= 15 is 0 Å². The molecule has 2 aromatic rings. The third kappa shape index (κ3) is 3.52. The third-order valence-electron chi connectivity index (χ3n) is 3.98. The van der Waals surface area contributed by atoms with Gasteiger partial charge in [0.2, 0.25) is 0 Å². The number of rotatable bonds is 4. The molecule has 114 valence electrons.